The molecule has 0 aliphatic carbocycles. The number of methoxy groups -OCH3 is 1. The largest absolute Gasteiger partial charge is 0.468 e. The van der Waals surface area contributed by atoms with Gasteiger partial charge in [-0.15, -0.1) is 0 Å². The van der Waals surface area contributed by atoms with E-state index in [1.807, 2.05) is 23.1 Å². The van der Waals surface area contributed by atoms with Crippen LogP contribution in [0.3, 0.4) is 0 Å². The highest BCUT2D eigenvalue weighted by Crippen LogP contribution is 2.31. The van der Waals surface area contributed by atoms with Crippen molar-refractivity contribution in [1.29, 1.82) is 5.26 Å². The molecule has 0 unspecified atom stereocenters. The molecule has 158 valence electrons. The number of carbonyl (C=O) groups excluding carboxylic acids is 2. The molecule has 0 bridgehead atoms. The minimum absolute atomic E-state index is 0.0293. The van der Waals surface area contributed by atoms with E-state index in [1.54, 1.807) is 12.1 Å². The third-order valence-corrected chi connectivity index (χ3v) is 5.66. The summed E-state index contributed by atoms with van der Waals surface area (Å²) in [5.74, 6) is -0.383. The smallest absolute Gasteiger partial charge is 0.298 e. The predicted molar refractivity (Wildman–Crippen MR) is 106 cm³/mol. The number of fused-ring (bicyclic) bond motifs is 1. The van der Waals surface area contributed by atoms with Crippen molar-refractivity contribution in [3.8, 4) is 12.0 Å². The fraction of sp³-hybridized carbons (Fsp3) is 0.476. The van der Waals surface area contributed by atoms with Gasteiger partial charge in [0.2, 0.25) is 5.91 Å². The highest BCUT2D eigenvalue weighted by atomic mass is 19.1. The molecule has 30 heavy (non-hydrogen) atoms. The number of ether oxygens (including phenoxy) is 1. The molecule has 0 radical (unpaired) electrons. The van der Waals surface area contributed by atoms with E-state index in [0.29, 0.717) is 36.0 Å². The van der Waals surface area contributed by atoms with Crippen molar-refractivity contribution in [2.24, 2.45) is 0 Å². The Morgan fingerprint density at radius 1 is 1.37 bits per heavy atom. The molecule has 0 spiro atoms. The maximum Gasteiger partial charge on any atom is 0.298 e. The Bertz CT molecular complexity index is 1000. The summed E-state index contributed by atoms with van der Waals surface area (Å²) in [4.78, 5) is 28.6. The first kappa shape index (κ1) is 20.2. The molecule has 3 atom stereocenters. The lowest BCUT2D eigenvalue weighted by atomic mass is 10.1. The summed E-state index contributed by atoms with van der Waals surface area (Å²) in [7, 11) is 1.45. The molecule has 2 fully saturated rings. The van der Waals surface area contributed by atoms with E-state index in [9.17, 15) is 14.0 Å². The van der Waals surface area contributed by atoms with Crippen LogP contribution in [0.15, 0.2) is 28.7 Å². The third kappa shape index (κ3) is 3.83. The summed E-state index contributed by atoms with van der Waals surface area (Å²) >= 11 is 0. The Labute approximate surface area is 173 Å². The number of carbonyl (C=O) groups is 2. The van der Waals surface area contributed by atoms with Crippen LogP contribution in [0.25, 0.3) is 11.0 Å². The fourth-order valence-electron chi connectivity index (χ4n) is 4.20. The van der Waals surface area contributed by atoms with Crippen LogP contribution in [0.2, 0.25) is 0 Å². The van der Waals surface area contributed by atoms with Gasteiger partial charge in [0.15, 0.2) is 0 Å². The maximum absolute atomic E-state index is 13.6. The van der Waals surface area contributed by atoms with Crippen LogP contribution in [0.1, 0.15) is 23.2 Å². The molecule has 0 saturated carbocycles. The van der Waals surface area contributed by atoms with Crippen LogP contribution in [0.5, 0.6) is 5.95 Å². The number of hydrogen-bond acceptors (Lipinski definition) is 6. The number of alkyl halides is 1. The number of nitrogens with zero attached hydrogens (tertiary/aromatic N) is 3. The van der Waals surface area contributed by atoms with E-state index in [4.69, 9.17) is 14.4 Å². The number of rotatable bonds is 5. The molecule has 2 amide bonds. The zero-order chi connectivity index (χ0) is 21.3. The third-order valence-electron chi connectivity index (χ3n) is 5.66. The van der Waals surface area contributed by atoms with Crippen LogP contribution >= 0.6 is 0 Å². The van der Waals surface area contributed by atoms with Crippen LogP contribution in [-0.2, 0) is 4.79 Å². The van der Waals surface area contributed by atoms with Gasteiger partial charge in [-0.2, -0.15) is 5.26 Å². The first-order chi connectivity index (χ1) is 14.5. The Hall–Kier alpha value is -3.12. The highest BCUT2D eigenvalue weighted by Gasteiger charge is 2.37. The minimum Gasteiger partial charge on any atom is -0.468 e. The normalized spacial score (nSPS) is 24.2. The Morgan fingerprint density at radius 2 is 2.17 bits per heavy atom. The van der Waals surface area contributed by atoms with E-state index in [0.717, 1.165) is 0 Å². The molecule has 3 heterocycles. The van der Waals surface area contributed by atoms with Gasteiger partial charge in [0.25, 0.3) is 11.9 Å². The Kier molecular flexibility index (Phi) is 5.59. The molecule has 2 aliphatic heterocycles. The topological polar surface area (TPSA) is 98.8 Å². The number of nitriles is 1. The van der Waals surface area contributed by atoms with Gasteiger partial charge >= 0.3 is 0 Å². The molecule has 8 nitrogen and oxygen atoms in total. The van der Waals surface area contributed by atoms with Crippen molar-refractivity contribution in [2.75, 3.05) is 33.3 Å². The average Bonchev–Trinajstić information content (AvgIpc) is 3.43. The molecule has 2 aliphatic rings. The molecule has 2 aromatic rings. The fourth-order valence-corrected chi connectivity index (χ4v) is 4.20. The van der Waals surface area contributed by atoms with E-state index in [2.05, 4.69) is 5.32 Å². The van der Waals surface area contributed by atoms with E-state index >= 15 is 0 Å². The second-order valence-electron chi connectivity index (χ2n) is 7.68. The number of hydrogen-bond donors (Lipinski definition) is 1. The van der Waals surface area contributed by atoms with E-state index in [-0.39, 0.29) is 43.3 Å². The molecular formula is C21H23FN4O4. The lowest BCUT2D eigenvalue weighted by Gasteiger charge is -2.23. The van der Waals surface area contributed by atoms with Crippen LogP contribution < -0.4 is 10.1 Å². The van der Waals surface area contributed by atoms with Crippen LogP contribution in [0, 0.1) is 11.3 Å². The quantitative estimate of drug-likeness (QED) is 0.800. The van der Waals surface area contributed by atoms with Gasteiger partial charge in [0.1, 0.15) is 23.4 Å². The van der Waals surface area contributed by atoms with Gasteiger partial charge in [-0.25, -0.2) is 4.39 Å². The molecule has 2 saturated heterocycles. The first-order valence-corrected chi connectivity index (χ1v) is 9.92. The van der Waals surface area contributed by atoms with Crippen molar-refractivity contribution in [2.45, 2.75) is 31.1 Å². The predicted octanol–water partition coefficient (Wildman–Crippen LogP) is 1.71. The Morgan fingerprint density at radius 3 is 2.93 bits per heavy atom. The van der Waals surface area contributed by atoms with Gasteiger partial charge in [0.05, 0.1) is 26.3 Å². The van der Waals surface area contributed by atoms with Crippen LogP contribution in [0.4, 0.5) is 4.39 Å². The zero-order valence-corrected chi connectivity index (χ0v) is 16.6. The molecule has 4 rings (SSSR count). The lowest BCUT2D eigenvalue weighted by molar-refractivity contribution is -0.132. The number of halogens is 1. The second kappa shape index (κ2) is 8.32. The summed E-state index contributed by atoms with van der Waals surface area (Å²) in [6.07, 6.45) is -0.393. The molecule has 1 N–H and O–H groups in total. The van der Waals surface area contributed by atoms with E-state index < -0.39 is 12.2 Å². The van der Waals surface area contributed by atoms with Crippen molar-refractivity contribution < 1.29 is 23.1 Å². The van der Waals surface area contributed by atoms with Crippen molar-refractivity contribution in [1.82, 2.24) is 15.1 Å². The SMILES string of the molecule is COc1oc2ccccc2c1C(=O)N[C@H]1CCN(CC(=O)N2C[C@@H](F)C[C@H]2C#N)C1. The van der Waals surface area contributed by atoms with Gasteiger partial charge in [-0.05, 0) is 12.5 Å². The standard InChI is InChI=1S/C21H23FN4O4/c1-29-21-19(16-4-2-3-5-17(16)30-21)20(28)24-14-6-7-25(11-14)12-18(27)26-10-13(22)8-15(26)9-23/h2-5,13-15H,6-8,10-12H2,1H3,(H,24,28)/t13-,14-,15-/m0/s1. The van der Waals surface area contributed by atoms with Gasteiger partial charge in [-0.1, -0.05) is 18.2 Å². The monoisotopic (exact) mass is 414 g/mol. The number of likely N-dealkylation sites (tertiary alicyclic amines) is 2. The summed E-state index contributed by atoms with van der Waals surface area (Å²) < 4.78 is 24.4. The molecule has 1 aromatic carbocycles. The Balaban J connectivity index is 1.37. The van der Waals surface area contributed by atoms with Crippen molar-refractivity contribution in [3.63, 3.8) is 0 Å². The van der Waals surface area contributed by atoms with Crippen LogP contribution in [-0.4, -0.2) is 73.2 Å². The lowest BCUT2D eigenvalue weighted by Crippen LogP contribution is -2.43. The number of para-hydroxylation sites is 1. The highest BCUT2D eigenvalue weighted by molar-refractivity contribution is 6.08. The zero-order valence-electron chi connectivity index (χ0n) is 16.6. The minimum atomic E-state index is -1.15. The summed E-state index contributed by atoms with van der Waals surface area (Å²) in [5.41, 5.74) is 0.924. The van der Waals surface area contributed by atoms with Crippen molar-refractivity contribution >= 4 is 22.8 Å². The number of nitrogens with one attached hydrogen (secondary N) is 1. The second-order valence-corrected chi connectivity index (χ2v) is 7.68. The molecule has 1 aromatic heterocycles. The number of benzene rings is 1. The van der Waals surface area contributed by atoms with Crippen molar-refractivity contribution in [3.05, 3.63) is 29.8 Å². The molecule has 9 heteroatoms. The summed E-state index contributed by atoms with van der Waals surface area (Å²) in [6, 6.07) is 8.37. The maximum atomic E-state index is 13.6. The average molecular weight is 414 g/mol. The first-order valence-electron chi connectivity index (χ1n) is 9.92. The number of furan rings is 1. The molecular weight excluding hydrogens is 391 g/mol. The van der Waals surface area contributed by atoms with E-state index in [1.165, 1.54) is 12.0 Å². The summed E-state index contributed by atoms with van der Waals surface area (Å²) in [5, 5.41) is 12.8. The number of amides is 2. The van der Waals surface area contributed by atoms with Gasteiger partial charge in [0, 0.05) is 30.9 Å². The van der Waals surface area contributed by atoms with Gasteiger partial charge in [-0.3, -0.25) is 14.5 Å². The summed E-state index contributed by atoms with van der Waals surface area (Å²) in [6.45, 7) is 1.21. The van der Waals surface area contributed by atoms with Gasteiger partial charge < -0.3 is 19.4 Å².